The Kier molecular flexibility index (Phi) is 5.27. The van der Waals surface area contributed by atoms with Crippen LogP contribution in [0.3, 0.4) is 0 Å². The van der Waals surface area contributed by atoms with Crippen molar-refractivity contribution in [3.63, 3.8) is 0 Å². The van der Waals surface area contributed by atoms with E-state index in [1.165, 1.54) is 0 Å². The standard InChI is InChI=1S/C8H11N.CH4N2O/c1-7(2)8-5-3-4-6-9-8;2-1(3)4/h3-7H,1-2H3;(H4,2,3,4). The minimum Gasteiger partial charge on any atom is -0.352 e. The number of hydrogen-bond donors (Lipinski definition) is 2. The van der Waals surface area contributed by atoms with Gasteiger partial charge in [-0.25, -0.2) is 4.79 Å². The lowest BCUT2D eigenvalue weighted by molar-refractivity contribution is 0.256. The molecule has 72 valence electrons. The summed E-state index contributed by atoms with van der Waals surface area (Å²) < 4.78 is 0. The van der Waals surface area contributed by atoms with Crippen molar-refractivity contribution < 1.29 is 4.79 Å². The maximum Gasteiger partial charge on any atom is 0.309 e. The first-order valence-electron chi connectivity index (χ1n) is 4.00. The van der Waals surface area contributed by atoms with Gasteiger partial charge in [0.15, 0.2) is 0 Å². The van der Waals surface area contributed by atoms with Crippen LogP contribution in [0.15, 0.2) is 24.4 Å². The van der Waals surface area contributed by atoms with Gasteiger partial charge in [-0.05, 0) is 18.1 Å². The molecule has 0 saturated heterocycles. The zero-order valence-electron chi connectivity index (χ0n) is 7.90. The maximum absolute atomic E-state index is 9.00. The molecule has 2 amide bonds. The number of carbonyl (C=O) groups excluding carboxylic acids is 1. The first-order chi connectivity index (χ1) is 6.04. The number of aromatic nitrogens is 1. The van der Waals surface area contributed by atoms with Crippen molar-refractivity contribution in [3.05, 3.63) is 30.1 Å². The molecular formula is C9H15N3O. The molecule has 1 aromatic rings. The second kappa shape index (κ2) is 5.99. The van der Waals surface area contributed by atoms with Crippen LogP contribution in [0.2, 0.25) is 0 Å². The zero-order chi connectivity index (χ0) is 10.3. The van der Waals surface area contributed by atoms with Crippen LogP contribution in [0.4, 0.5) is 4.79 Å². The maximum atomic E-state index is 9.00. The van der Waals surface area contributed by atoms with Crippen molar-refractivity contribution in [1.29, 1.82) is 0 Å². The van der Waals surface area contributed by atoms with Gasteiger partial charge >= 0.3 is 6.03 Å². The highest BCUT2D eigenvalue weighted by Gasteiger charge is 1.95. The molecule has 0 spiro atoms. The van der Waals surface area contributed by atoms with Crippen LogP contribution in [0.5, 0.6) is 0 Å². The Morgan fingerprint density at radius 3 is 2.15 bits per heavy atom. The quantitative estimate of drug-likeness (QED) is 0.683. The van der Waals surface area contributed by atoms with Gasteiger partial charge < -0.3 is 11.5 Å². The van der Waals surface area contributed by atoms with E-state index in [-0.39, 0.29) is 0 Å². The Morgan fingerprint density at radius 1 is 1.38 bits per heavy atom. The minimum atomic E-state index is -0.833. The highest BCUT2D eigenvalue weighted by atomic mass is 16.2. The molecule has 0 bridgehead atoms. The van der Waals surface area contributed by atoms with Gasteiger partial charge in [-0.2, -0.15) is 0 Å². The molecule has 0 saturated carbocycles. The molecule has 0 aliphatic rings. The summed E-state index contributed by atoms with van der Waals surface area (Å²) >= 11 is 0. The fraction of sp³-hybridized carbons (Fsp3) is 0.333. The van der Waals surface area contributed by atoms with Crippen LogP contribution >= 0.6 is 0 Å². The summed E-state index contributed by atoms with van der Waals surface area (Å²) in [5.74, 6) is 0.547. The van der Waals surface area contributed by atoms with Gasteiger partial charge in [0.1, 0.15) is 0 Å². The molecule has 0 unspecified atom stereocenters. The summed E-state index contributed by atoms with van der Waals surface area (Å²) in [6.45, 7) is 4.28. The third-order valence-corrected chi connectivity index (χ3v) is 1.28. The second-order valence-electron chi connectivity index (χ2n) is 2.81. The number of rotatable bonds is 1. The molecule has 1 heterocycles. The van der Waals surface area contributed by atoms with Gasteiger partial charge in [-0.15, -0.1) is 0 Å². The second-order valence-corrected chi connectivity index (χ2v) is 2.81. The Balaban J connectivity index is 0.000000310. The third kappa shape index (κ3) is 6.80. The van der Waals surface area contributed by atoms with Crippen LogP contribution in [-0.4, -0.2) is 11.0 Å². The fourth-order valence-corrected chi connectivity index (χ4v) is 0.717. The zero-order valence-corrected chi connectivity index (χ0v) is 7.90. The number of hydrogen-bond acceptors (Lipinski definition) is 2. The number of nitrogens with two attached hydrogens (primary N) is 2. The van der Waals surface area contributed by atoms with Crippen molar-refractivity contribution in [2.45, 2.75) is 19.8 Å². The highest BCUT2D eigenvalue weighted by molar-refractivity contribution is 5.69. The lowest BCUT2D eigenvalue weighted by Gasteiger charge is -2.00. The predicted molar refractivity (Wildman–Crippen MR) is 52.1 cm³/mol. The number of nitrogens with zero attached hydrogens (tertiary/aromatic N) is 1. The van der Waals surface area contributed by atoms with Crippen molar-refractivity contribution in [3.8, 4) is 0 Å². The summed E-state index contributed by atoms with van der Waals surface area (Å²) in [5, 5.41) is 0. The predicted octanol–water partition coefficient (Wildman–Crippen LogP) is 1.23. The summed E-state index contributed by atoms with van der Waals surface area (Å²) in [6.07, 6.45) is 1.83. The van der Waals surface area contributed by atoms with Crippen LogP contribution in [-0.2, 0) is 0 Å². The Labute approximate surface area is 78.0 Å². The molecule has 0 aliphatic heterocycles. The van der Waals surface area contributed by atoms with Crippen molar-refractivity contribution in [2.75, 3.05) is 0 Å². The van der Waals surface area contributed by atoms with E-state index in [4.69, 9.17) is 4.79 Å². The normalized spacial score (nSPS) is 8.85. The van der Waals surface area contributed by atoms with E-state index < -0.39 is 6.03 Å². The van der Waals surface area contributed by atoms with E-state index in [0.717, 1.165) is 5.69 Å². The van der Waals surface area contributed by atoms with Gasteiger partial charge in [0.25, 0.3) is 0 Å². The molecule has 0 fully saturated rings. The van der Waals surface area contributed by atoms with Gasteiger partial charge in [0.05, 0.1) is 0 Å². The summed E-state index contributed by atoms with van der Waals surface area (Å²) in [5.41, 5.74) is 9.66. The Hall–Kier alpha value is -1.58. The molecule has 4 N–H and O–H groups in total. The van der Waals surface area contributed by atoms with E-state index in [0.29, 0.717) is 5.92 Å². The SMILES string of the molecule is CC(C)c1ccccn1.NC(N)=O. The minimum absolute atomic E-state index is 0.547. The van der Waals surface area contributed by atoms with Crippen LogP contribution in [0, 0.1) is 0 Å². The Bertz CT molecular complexity index is 242. The molecule has 13 heavy (non-hydrogen) atoms. The van der Waals surface area contributed by atoms with Crippen LogP contribution < -0.4 is 11.5 Å². The molecule has 0 atom stereocenters. The molecule has 0 aliphatic carbocycles. The molecule has 1 rings (SSSR count). The average molecular weight is 181 g/mol. The van der Waals surface area contributed by atoms with E-state index in [2.05, 4.69) is 30.3 Å². The Morgan fingerprint density at radius 2 is 1.92 bits per heavy atom. The molecular weight excluding hydrogens is 166 g/mol. The first kappa shape index (κ1) is 11.4. The van der Waals surface area contributed by atoms with E-state index in [1.54, 1.807) is 0 Å². The third-order valence-electron chi connectivity index (χ3n) is 1.28. The fourth-order valence-electron chi connectivity index (χ4n) is 0.717. The highest BCUT2D eigenvalue weighted by Crippen LogP contribution is 2.08. The number of primary amides is 2. The van der Waals surface area contributed by atoms with Gasteiger partial charge in [-0.1, -0.05) is 19.9 Å². The topological polar surface area (TPSA) is 82.0 Å². The number of carbonyl (C=O) groups is 1. The van der Waals surface area contributed by atoms with E-state index in [9.17, 15) is 0 Å². The molecule has 0 radical (unpaired) electrons. The van der Waals surface area contributed by atoms with E-state index >= 15 is 0 Å². The molecule has 4 nitrogen and oxygen atoms in total. The lowest BCUT2D eigenvalue weighted by Crippen LogP contribution is -2.18. The largest absolute Gasteiger partial charge is 0.352 e. The van der Waals surface area contributed by atoms with Crippen molar-refractivity contribution in [2.24, 2.45) is 11.5 Å². The summed E-state index contributed by atoms with van der Waals surface area (Å²) in [4.78, 5) is 13.2. The van der Waals surface area contributed by atoms with Gasteiger partial charge in [0.2, 0.25) is 0 Å². The molecule has 1 aromatic heterocycles. The molecule has 0 aromatic carbocycles. The van der Waals surface area contributed by atoms with Crippen LogP contribution in [0.1, 0.15) is 25.5 Å². The summed E-state index contributed by atoms with van der Waals surface area (Å²) in [7, 11) is 0. The van der Waals surface area contributed by atoms with E-state index in [1.807, 2.05) is 24.4 Å². The lowest BCUT2D eigenvalue weighted by atomic mass is 10.1. The number of urea groups is 1. The van der Waals surface area contributed by atoms with Crippen molar-refractivity contribution in [1.82, 2.24) is 4.98 Å². The first-order valence-corrected chi connectivity index (χ1v) is 4.00. The number of pyridine rings is 1. The van der Waals surface area contributed by atoms with Gasteiger partial charge in [-0.3, -0.25) is 4.98 Å². The van der Waals surface area contributed by atoms with Crippen LogP contribution in [0.25, 0.3) is 0 Å². The number of amides is 2. The molecule has 4 heteroatoms. The van der Waals surface area contributed by atoms with Crippen molar-refractivity contribution >= 4 is 6.03 Å². The average Bonchev–Trinajstić information content (AvgIpc) is 2.05. The smallest absolute Gasteiger partial charge is 0.309 e. The van der Waals surface area contributed by atoms with Gasteiger partial charge in [0, 0.05) is 11.9 Å². The summed E-state index contributed by atoms with van der Waals surface area (Å²) in [6, 6.07) is 5.17. The monoisotopic (exact) mass is 181 g/mol.